The Morgan fingerprint density at radius 1 is 1.44 bits per heavy atom. The normalized spacial score (nSPS) is 11.9. The smallest absolute Gasteiger partial charge is 0.185 e. The number of hydrogen-bond acceptors (Lipinski definition) is 3. The Balaban J connectivity index is 2.40. The number of hydrogen-bond donors (Lipinski definition) is 4. The van der Waals surface area contributed by atoms with E-state index < -0.39 is 6.10 Å². The average molecular weight is 287 g/mol. The highest BCUT2D eigenvalue weighted by atomic mass is 79.9. The average Bonchev–Trinajstić information content (AvgIpc) is 2.25. The molecule has 16 heavy (non-hydrogen) atoms. The number of rotatable bonds is 5. The van der Waals surface area contributed by atoms with E-state index in [9.17, 15) is 5.11 Å². The van der Waals surface area contributed by atoms with E-state index in [0.29, 0.717) is 6.54 Å². The molecule has 1 aromatic rings. The van der Waals surface area contributed by atoms with Crippen molar-refractivity contribution in [1.82, 2.24) is 0 Å². The molecule has 1 rings (SSSR count). The molecule has 6 heteroatoms. The summed E-state index contributed by atoms with van der Waals surface area (Å²) in [6, 6.07) is 7.67. The molecule has 0 radical (unpaired) electrons. The summed E-state index contributed by atoms with van der Waals surface area (Å²) in [6.45, 7) is 0.583. The predicted molar refractivity (Wildman–Crippen MR) is 69.3 cm³/mol. The van der Waals surface area contributed by atoms with Gasteiger partial charge in [-0.15, -0.1) is 0 Å². The summed E-state index contributed by atoms with van der Waals surface area (Å²) in [5, 5.41) is 12.6. The molecule has 0 aromatic heterocycles. The van der Waals surface area contributed by atoms with Crippen molar-refractivity contribution in [3.05, 3.63) is 28.7 Å². The van der Waals surface area contributed by atoms with Crippen molar-refractivity contribution >= 4 is 27.6 Å². The molecule has 88 valence electrons. The number of guanidine groups is 1. The molecule has 0 heterocycles. The topological polar surface area (TPSA) is 96.7 Å². The van der Waals surface area contributed by atoms with Crippen LogP contribution in [0.4, 0.5) is 5.69 Å². The Kier molecular flexibility index (Phi) is 5.07. The maximum Gasteiger partial charge on any atom is 0.185 e. The first-order valence-electron chi connectivity index (χ1n) is 4.81. The van der Waals surface area contributed by atoms with Gasteiger partial charge in [0.25, 0.3) is 0 Å². The molecular formula is C10H15BrN4O. The summed E-state index contributed by atoms with van der Waals surface area (Å²) in [5.41, 5.74) is 11.2. The van der Waals surface area contributed by atoms with E-state index in [2.05, 4.69) is 26.2 Å². The summed E-state index contributed by atoms with van der Waals surface area (Å²) >= 11 is 3.40. The van der Waals surface area contributed by atoms with E-state index in [-0.39, 0.29) is 12.5 Å². The van der Waals surface area contributed by atoms with E-state index in [4.69, 9.17) is 11.5 Å². The highest BCUT2D eigenvalue weighted by Crippen LogP contribution is 2.20. The number of para-hydroxylation sites is 1. The SMILES string of the molecule is NC(N)=NCC(O)CNc1ccccc1Br. The number of aliphatic hydroxyl groups excluding tert-OH is 1. The quantitative estimate of drug-likeness (QED) is 0.468. The number of benzene rings is 1. The molecule has 1 aromatic carbocycles. The molecule has 0 spiro atoms. The van der Waals surface area contributed by atoms with Crippen molar-refractivity contribution in [3.63, 3.8) is 0 Å². The largest absolute Gasteiger partial charge is 0.389 e. The Morgan fingerprint density at radius 2 is 2.12 bits per heavy atom. The zero-order valence-corrected chi connectivity index (χ0v) is 10.3. The third-order valence-electron chi connectivity index (χ3n) is 1.89. The van der Waals surface area contributed by atoms with Crippen molar-refractivity contribution in [2.45, 2.75) is 6.10 Å². The Bertz CT molecular complexity index is 366. The molecule has 0 aliphatic heterocycles. The zero-order valence-electron chi connectivity index (χ0n) is 8.73. The van der Waals surface area contributed by atoms with Crippen molar-refractivity contribution < 1.29 is 5.11 Å². The van der Waals surface area contributed by atoms with Crippen LogP contribution in [0.25, 0.3) is 0 Å². The molecule has 0 amide bonds. The minimum absolute atomic E-state index is 0.0139. The van der Waals surface area contributed by atoms with Gasteiger partial charge in [-0.05, 0) is 28.1 Å². The van der Waals surface area contributed by atoms with Crippen LogP contribution in [0.3, 0.4) is 0 Å². The molecule has 0 bridgehead atoms. The second-order valence-electron chi connectivity index (χ2n) is 3.28. The number of nitrogens with two attached hydrogens (primary N) is 2. The first-order chi connectivity index (χ1) is 7.59. The van der Waals surface area contributed by atoms with Crippen LogP contribution in [-0.2, 0) is 0 Å². The van der Waals surface area contributed by atoms with Gasteiger partial charge in [-0.1, -0.05) is 12.1 Å². The number of halogens is 1. The van der Waals surface area contributed by atoms with E-state index in [1.165, 1.54) is 0 Å². The lowest BCUT2D eigenvalue weighted by molar-refractivity contribution is 0.196. The third-order valence-corrected chi connectivity index (χ3v) is 2.58. The van der Waals surface area contributed by atoms with Gasteiger partial charge in [-0.3, -0.25) is 4.99 Å². The first kappa shape index (κ1) is 12.8. The summed E-state index contributed by atoms with van der Waals surface area (Å²) in [4.78, 5) is 3.73. The standard InChI is InChI=1S/C10H15BrN4O/c11-8-3-1-2-4-9(8)14-5-7(16)6-15-10(12)13/h1-4,7,14,16H,5-6H2,(H4,12,13,15). The lowest BCUT2D eigenvalue weighted by Gasteiger charge is -2.11. The van der Waals surface area contributed by atoms with Crippen LogP contribution in [0, 0.1) is 0 Å². The highest BCUT2D eigenvalue weighted by molar-refractivity contribution is 9.10. The molecule has 0 fully saturated rings. The maximum absolute atomic E-state index is 9.55. The summed E-state index contributed by atoms with van der Waals surface area (Å²) in [7, 11) is 0. The van der Waals surface area contributed by atoms with Gasteiger partial charge in [0, 0.05) is 16.7 Å². The zero-order chi connectivity index (χ0) is 12.0. The second-order valence-corrected chi connectivity index (χ2v) is 4.13. The molecule has 1 unspecified atom stereocenters. The summed E-state index contributed by atoms with van der Waals surface area (Å²) in [6.07, 6.45) is -0.616. The maximum atomic E-state index is 9.55. The van der Waals surface area contributed by atoms with Crippen molar-refractivity contribution in [3.8, 4) is 0 Å². The van der Waals surface area contributed by atoms with Gasteiger partial charge in [-0.25, -0.2) is 0 Å². The van der Waals surface area contributed by atoms with Crippen molar-refractivity contribution in [2.24, 2.45) is 16.5 Å². The minimum atomic E-state index is -0.616. The number of nitrogens with one attached hydrogen (secondary N) is 1. The highest BCUT2D eigenvalue weighted by Gasteiger charge is 2.04. The van der Waals surface area contributed by atoms with E-state index in [1.807, 2.05) is 24.3 Å². The number of nitrogens with zero attached hydrogens (tertiary/aromatic N) is 1. The summed E-state index contributed by atoms with van der Waals surface area (Å²) in [5.74, 6) is -0.0139. The Labute approximate surface area is 103 Å². The molecule has 0 saturated heterocycles. The Hall–Kier alpha value is -1.27. The second kappa shape index (κ2) is 6.34. The lowest BCUT2D eigenvalue weighted by Crippen LogP contribution is -2.28. The van der Waals surface area contributed by atoms with E-state index >= 15 is 0 Å². The predicted octanol–water partition coefficient (Wildman–Crippen LogP) is 0.495. The molecular weight excluding hydrogens is 272 g/mol. The Morgan fingerprint density at radius 3 is 2.75 bits per heavy atom. The molecule has 1 atom stereocenters. The van der Waals surface area contributed by atoms with Crippen LogP contribution < -0.4 is 16.8 Å². The molecule has 0 aliphatic rings. The molecule has 5 nitrogen and oxygen atoms in total. The van der Waals surface area contributed by atoms with E-state index in [0.717, 1.165) is 10.2 Å². The number of aliphatic imine (C=N–C) groups is 1. The van der Waals surface area contributed by atoms with Crippen molar-refractivity contribution in [1.29, 1.82) is 0 Å². The van der Waals surface area contributed by atoms with Crippen LogP contribution in [-0.4, -0.2) is 30.3 Å². The van der Waals surface area contributed by atoms with Gasteiger partial charge in [0.05, 0.1) is 12.6 Å². The van der Waals surface area contributed by atoms with Crippen LogP contribution in [0.1, 0.15) is 0 Å². The van der Waals surface area contributed by atoms with Crippen molar-refractivity contribution in [2.75, 3.05) is 18.4 Å². The fourth-order valence-electron chi connectivity index (χ4n) is 1.11. The van der Waals surface area contributed by atoms with Crippen LogP contribution >= 0.6 is 15.9 Å². The molecule has 0 aliphatic carbocycles. The monoisotopic (exact) mass is 286 g/mol. The van der Waals surface area contributed by atoms with Crippen LogP contribution in [0.5, 0.6) is 0 Å². The van der Waals surface area contributed by atoms with Gasteiger partial charge in [-0.2, -0.15) is 0 Å². The number of anilines is 1. The van der Waals surface area contributed by atoms with Crippen LogP contribution in [0.15, 0.2) is 33.7 Å². The minimum Gasteiger partial charge on any atom is -0.389 e. The van der Waals surface area contributed by atoms with Crippen LogP contribution in [0.2, 0.25) is 0 Å². The lowest BCUT2D eigenvalue weighted by atomic mass is 10.3. The molecule has 0 saturated carbocycles. The van der Waals surface area contributed by atoms with Gasteiger partial charge in [0.2, 0.25) is 0 Å². The van der Waals surface area contributed by atoms with Gasteiger partial charge < -0.3 is 21.9 Å². The van der Waals surface area contributed by atoms with E-state index in [1.54, 1.807) is 0 Å². The molecule has 6 N–H and O–H groups in total. The van der Waals surface area contributed by atoms with Gasteiger partial charge in [0.1, 0.15) is 0 Å². The number of aliphatic hydroxyl groups is 1. The van der Waals surface area contributed by atoms with Gasteiger partial charge >= 0.3 is 0 Å². The van der Waals surface area contributed by atoms with Gasteiger partial charge in [0.15, 0.2) is 5.96 Å². The fourth-order valence-corrected chi connectivity index (χ4v) is 1.53. The third kappa shape index (κ3) is 4.50. The first-order valence-corrected chi connectivity index (χ1v) is 5.60. The summed E-state index contributed by atoms with van der Waals surface area (Å²) < 4.78 is 0.948. The fraction of sp³-hybridized carbons (Fsp3) is 0.300.